The number of carbonyl (C=O) groups excluding carboxylic acids is 2. The highest BCUT2D eigenvalue weighted by molar-refractivity contribution is 6.32. The van der Waals surface area contributed by atoms with Crippen LogP contribution in [0.4, 0.5) is 4.39 Å². The minimum Gasteiger partial charge on any atom is -0.452 e. The molecule has 2 aromatic rings. The first-order valence-electron chi connectivity index (χ1n) is 7.91. The average Bonchev–Trinajstić information content (AvgIpc) is 2.86. The van der Waals surface area contributed by atoms with E-state index in [1.807, 2.05) is 0 Å². The van der Waals surface area contributed by atoms with E-state index < -0.39 is 23.0 Å². The van der Waals surface area contributed by atoms with Crippen LogP contribution in [0, 0.1) is 11.2 Å². The first kappa shape index (κ1) is 18.1. The molecule has 0 bridgehead atoms. The summed E-state index contributed by atoms with van der Waals surface area (Å²) in [6, 6.07) is 8.72. The molecule has 0 saturated heterocycles. The quantitative estimate of drug-likeness (QED) is 0.419. The molecule has 0 unspecified atom stereocenters. The molecule has 3 rings (SSSR count). The molecular weight excluding hydrogens is 359 g/mol. The van der Waals surface area contributed by atoms with Crippen molar-refractivity contribution in [1.29, 1.82) is 0 Å². The van der Waals surface area contributed by atoms with E-state index in [9.17, 15) is 14.0 Å². The van der Waals surface area contributed by atoms with Crippen LogP contribution in [-0.4, -0.2) is 11.8 Å². The number of fused-ring (bicyclic) bond motifs is 1. The number of ether oxygens (including phenoxy) is 2. The summed E-state index contributed by atoms with van der Waals surface area (Å²) in [5.74, 6) is -0.901. The monoisotopic (exact) mass is 374 g/mol. The van der Waals surface area contributed by atoms with Crippen LogP contribution in [0.2, 0.25) is 5.02 Å². The number of rotatable bonds is 2. The smallest absolute Gasteiger partial charge is 0.316 e. The SMILES string of the molecule is CC(C)(C)C(=O)Oc1ccc2c(c1)O/C(=C\c1c(F)cccc1Cl)C2=O. The van der Waals surface area contributed by atoms with E-state index in [0.717, 1.165) is 0 Å². The Bertz CT molecular complexity index is 921. The largest absolute Gasteiger partial charge is 0.452 e. The molecule has 0 N–H and O–H groups in total. The first-order valence-corrected chi connectivity index (χ1v) is 8.29. The number of halogens is 2. The number of allylic oxidation sites excluding steroid dienone is 1. The van der Waals surface area contributed by atoms with Gasteiger partial charge in [-0.25, -0.2) is 4.39 Å². The third-order valence-corrected chi connectivity index (χ3v) is 4.07. The van der Waals surface area contributed by atoms with Crippen molar-refractivity contribution in [2.24, 2.45) is 5.41 Å². The van der Waals surface area contributed by atoms with Gasteiger partial charge >= 0.3 is 5.97 Å². The summed E-state index contributed by atoms with van der Waals surface area (Å²) in [4.78, 5) is 24.4. The summed E-state index contributed by atoms with van der Waals surface area (Å²) in [5.41, 5.74) is -0.286. The van der Waals surface area contributed by atoms with Gasteiger partial charge < -0.3 is 9.47 Å². The summed E-state index contributed by atoms with van der Waals surface area (Å²) >= 11 is 5.98. The van der Waals surface area contributed by atoms with Crippen molar-refractivity contribution in [3.05, 3.63) is 64.1 Å². The molecule has 2 aromatic carbocycles. The van der Waals surface area contributed by atoms with Crippen LogP contribution in [-0.2, 0) is 4.79 Å². The second kappa shape index (κ2) is 6.57. The molecule has 1 heterocycles. The Kier molecular flexibility index (Phi) is 4.59. The van der Waals surface area contributed by atoms with Crippen molar-refractivity contribution >= 4 is 29.4 Å². The molecular formula is C20H16ClFO4. The molecule has 0 fully saturated rings. The number of hydrogen-bond donors (Lipinski definition) is 0. The highest BCUT2D eigenvalue weighted by Crippen LogP contribution is 2.36. The maximum absolute atomic E-state index is 13.9. The van der Waals surface area contributed by atoms with Crippen LogP contribution in [0.25, 0.3) is 6.08 Å². The summed E-state index contributed by atoms with van der Waals surface area (Å²) in [5, 5.41) is 0.171. The Morgan fingerprint density at radius 2 is 1.96 bits per heavy atom. The van der Waals surface area contributed by atoms with E-state index >= 15 is 0 Å². The van der Waals surface area contributed by atoms with Crippen molar-refractivity contribution in [3.63, 3.8) is 0 Å². The molecule has 134 valence electrons. The highest BCUT2D eigenvalue weighted by Gasteiger charge is 2.29. The fraction of sp³-hybridized carbons (Fsp3) is 0.200. The lowest BCUT2D eigenvalue weighted by Crippen LogP contribution is -2.25. The normalized spacial score (nSPS) is 15.0. The van der Waals surface area contributed by atoms with Gasteiger partial charge in [-0.3, -0.25) is 9.59 Å². The van der Waals surface area contributed by atoms with Gasteiger partial charge in [0.2, 0.25) is 5.78 Å². The van der Waals surface area contributed by atoms with Gasteiger partial charge in [-0.05, 0) is 51.1 Å². The van der Waals surface area contributed by atoms with Crippen LogP contribution in [0.15, 0.2) is 42.2 Å². The number of ketones is 1. The molecule has 0 aromatic heterocycles. The number of carbonyl (C=O) groups is 2. The van der Waals surface area contributed by atoms with E-state index in [4.69, 9.17) is 21.1 Å². The molecule has 0 spiro atoms. The van der Waals surface area contributed by atoms with Crippen LogP contribution in [0.3, 0.4) is 0 Å². The summed E-state index contributed by atoms with van der Waals surface area (Å²) < 4.78 is 24.8. The Morgan fingerprint density at radius 1 is 1.23 bits per heavy atom. The first-order chi connectivity index (χ1) is 12.2. The fourth-order valence-corrected chi connectivity index (χ4v) is 2.49. The predicted molar refractivity (Wildman–Crippen MR) is 95.9 cm³/mol. The summed E-state index contributed by atoms with van der Waals surface area (Å²) in [6.45, 7) is 5.21. The minimum atomic E-state index is -0.664. The zero-order chi connectivity index (χ0) is 19.1. The Labute approximate surface area is 155 Å². The van der Waals surface area contributed by atoms with Crippen molar-refractivity contribution in [2.45, 2.75) is 20.8 Å². The summed E-state index contributed by atoms with van der Waals surface area (Å²) in [6.07, 6.45) is 1.26. The second-order valence-electron chi connectivity index (χ2n) is 6.87. The van der Waals surface area contributed by atoms with E-state index in [-0.39, 0.29) is 27.8 Å². The van der Waals surface area contributed by atoms with Gasteiger partial charge in [0, 0.05) is 11.6 Å². The Hall–Kier alpha value is -2.66. The number of Topliss-reactive ketones (excluding diaryl/α,β-unsaturated/α-hetero) is 1. The van der Waals surface area contributed by atoms with Crippen molar-refractivity contribution in [1.82, 2.24) is 0 Å². The van der Waals surface area contributed by atoms with E-state index in [2.05, 4.69) is 0 Å². The molecule has 0 radical (unpaired) electrons. The molecule has 4 nitrogen and oxygen atoms in total. The molecule has 0 saturated carbocycles. The van der Waals surface area contributed by atoms with Gasteiger partial charge in [0.15, 0.2) is 5.76 Å². The standard InChI is InChI=1S/C20H16ClFO4/c1-20(2,3)19(24)25-11-7-8-12-16(9-11)26-17(18(12)23)10-13-14(21)5-4-6-15(13)22/h4-10H,1-3H3/b17-10-. The lowest BCUT2D eigenvalue weighted by atomic mass is 9.97. The molecule has 1 aliphatic rings. The highest BCUT2D eigenvalue weighted by atomic mass is 35.5. The zero-order valence-electron chi connectivity index (χ0n) is 14.4. The number of benzene rings is 2. The van der Waals surface area contributed by atoms with Crippen LogP contribution < -0.4 is 9.47 Å². The van der Waals surface area contributed by atoms with E-state index in [0.29, 0.717) is 5.56 Å². The Morgan fingerprint density at radius 3 is 2.62 bits per heavy atom. The van der Waals surface area contributed by atoms with Gasteiger partial charge in [0.05, 0.1) is 16.0 Å². The third kappa shape index (κ3) is 3.48. The van der Waals surface area contributed by atoms with Crippen LogP contribution in [0.5, 0.6) is 11.5 Å². The molecule has 1 aliphatic heterocycles. The van der Waals surface area contributed by atoms with Crippen molar-refractivity contribution in [3.8, 4) is 11.5 Å². The zero-order valence-corrected chi connectivity index (χ0v) is 15.2. The van der Waals surface area contributed by atoms with Crippen molar-refractivity contribution < 1.29 is 23.5 Å². The van der Waals surface area contributed by atoms with E-state index in [1.54, 1.807) is 20.8 Å². The fourth-order valence-electron chi connectivity index (χ4n) is 2.27. The van der Waals surface area contributed by atoms with Gasteiger partial charge in [-0.1, -0.05) is 17.7 Å². The van der Waals surface area contributed by atoms with Gasteiger partial charge in [-0.15, -0.1) is 0 Å². The molecule has 0 aliphatic carbocycles. The van der Waals surface area contributed by atoms with E-state index in [1.165, 1.54) is 42.5 Å². The van der Waals surface area contributed by atoms with Gasteiger partial charge in [0.25, 0.3) is 0 Å². The van der Waals surface area contributed by atoms with Crippen molar-refractivity contribution in [2.75, 3.05) is 0 Å². The van der Waals surface area contributed by atoms with Gasteiger partial charge in [0.1, 0.15) is 17.3 Å². The topological polar surface area (TPSA) is 52.6 Å². The number of hydrogen-bond acceptors (Lipinski definition) is 4. The molecule has 0 amide bonds. The third-order valence-electron chi connectivity index (χ3n) is 3.74. The average molecular weight is 375 g/mol. The lowest BCUT2D eigenvalue weighted by Gasteiger charge is -2.16. The minimum absolute atomic E-state index is 0.0497. The molecule has 6 heteroatoms. The maximum Gasteiger partial charge on any atom is 0.316 e. The van der Waals surface area contributed by atoms with Gasteiger partial charge in [-0.2, -0.15) is 0 Å². The maximum atomic E-state index is 13.9. The predicted octanol–water partition coefficient (Wildman–Crippen LogP) is 5.05. The molecule has 26 heavy (non-hydrogen) atoms. The lowest BCUT2D eigenvalue weighted by molar-refractivity contribution is -0.143. The van der Waals surface area contributed by atoms with Crippen LogP contribution >= 0.6 is 11.6 Å². The van der Waals surface area contributed by atoms with Crippen LogP contribution in [0.1, 0.15) is 36.7 Å². The second-order valence-corrected chi connectivity index (χ2v) is 7.28. The summed E-state index contributed by atoms with van der Waals surface area (Å²) in [7, 11) is 0. The Balaban J connectivity index is 1.90. The number of esters is 1. The molecule has 0 atom stereocenters.